The highest BCUT2D eigenvalue weighted by molar-refractivity contribution is 5.76. The molecule has 2 saturated carbocycles. The van der Waals surface area contributed by atoms with Crippen LogP contribution < -0.4 is 11.1 Å². The molecule has 3 nitrogen and oxygen atoms in total. The average molecular weight is 252 g/mol. The molecular formula is C15H28N2O. The fourth-order valence-electron chi connectivity index (χ4n) is 3.62. The molecule has 3 unspecified atom stereocenters. The number of hydrogen-bond donors (Lipinski definition) is 2. The zero-order chi connectivity index (χ0) is 13.0. The van der Waals surface area contributed by atoms with E-state index in [9.17, 15) is 4.79 Å². The van der Waals surface area contributed by atoms with Crippen molar-refractivity contribution in [3.8, 4) is 0 Å². The van der Waals surface area contributed by atoms with Crippen molar-refractivity contribution in [2.45, 2.75) is 76.8 Å². The zero-order valence-corrected chi connectivity index (χ0v) is 11.7. The molecule has 0 aromatic carbocycles. The van der Waals surface area contributed by atoms with Gasteiger partial charge in [0.1, 0.15) is 0 Å². The molecule has 2 aliphatic rings. The summed E-state index contributed by atoms with van der Waals surface area (Å²) in [6, 6.07) is 0.589. The largest absolute Gasteiger partial charge is 0.353 e. The Morgan fingerprint density at radius 2 is 1.78 bits per heavy atom. The van der Waals surface area contributed by atoms with Crippen LogP contribution in [0, 0.1) is 11.8 Å². The smallest absolute Gasteiger partial charge is 0.220 e. The third kappa shape index (κ3) is 3.71. The molecule has 0 aliphatic heterocycles. The molecule has 0 saturated heterocycles. The maximum absolute atomic E-state index is 12.1. The Balaban J connectivity index is 1.73. The van der Waals surface area contributed by atoms with Gasteiger partial charge >= 0.3 is 0 Å². The van der Waals surface area contributed by atoms with Gasteiger partial charge in [0.15, 0.2) is 0 Å². The fraction of sp³-hybridized carbons (Fsp3) is 0.933. The van der Waals surface area contributed by atoms with E-state index < -0.39 is 0 Å². The topological polar surface area (TPSA) is 55.1 Å². The molecule has 2 fully saturated rings. The molecule has 0 heterocycles. The summed E-state index contributed by atoms with van der Waals surface area (Å²) in [6.07, 6.45) is 10.6. The van der Waals surface area contributed by atoms with Gasteiger partial charge in [-0.05, 0) is 44.4 Å². The van der Waals surface area contributed by atoms with Crippen molar-refractivity contribution in [1.29, 1.82) is 0 Å². The van der Waals surface area contributed by atoms with Crippen molar-refractivity contribution in [3.05, 3.63) is 0 Å². The first-order valence-electron chi connectivity index (χ1n) is 7.71. The summed E-state index contributed by atoms with van der Waals surface area (Å²) in [5.74, 6) is 1.33. The van der Waals surface area contributed by atoms with Crippen LogP contribution in [0.25, 0.3) is 0 Å². The van der Waals surface area contributed by atoms with Crippen LogP contribution in [-0.4, -0.2) is 18.0 Å². The summed E-state index contributed by atoms with van der Waals surface area (Å²) in [5, 5.41) is 3.20. The molecule has 3 N–H and O–H groups in total. The lowest BCUT2D eigenvalue weighted by Crippen LogP contribution is -2.41. The van der Waals surface area contributed by atoms with Crippen molar-refractivity contribution < 1.29 is 4.79 Å². The number of carbonyl (C=O) groups excluding carboxylic acids is 1. The first-order chi connectivity index (χ1) is 8.66. The van der Waals surface area contributed by atoms with Gasteiger partial charge in [-0.1, -0.05) is 25.7 Å². The fourth-order valence-corrected chi connectivity index (χ4v) is 3.62. The van der Waals surface area contributed by atoms with Crippen LogP contribution in [-0.2, 0) is 4.79 Å². The maximum atomic E-state index is 12.1. The van der Waals surface area contributed by atoms with E-state index in [4.69, 9.17) is 5.73 Å². The third-order valence-corrected chi connectivity index (χ3v) is 4.91. The predicted molar refractivity (Wildman–Crippen MR) is 74.1 cm³/mol. The normalized spacial score (nSPS) is 31.2. The van der Waals surface area contributed by atoms with Gasteiger partial charge in [0.2, 0.25) is 5.91 Å². The first kappa shape index (κ1) is 13.9. The van der Waals surface area contributed by atoms with Crippen molar-refractivity contribution in [2.24, 2.45) is 17.6 Å². The summed E-state index contributed by atoms with van der Waals surface area (Å²) >= 11 is 0. The zero-order valence-electron chi connectivity index (χ0n) is 11.7. The lowest BCUT2D eigenvalue weighted by atomic mass is 9.83. The molecule has 0 radical (unpaired) electrons. The average Bonchev–Trinajstić information content (AvgIpc) is 2.85. The quantitative estimate of drug-likeness (QED) is 0.808. The summed E-state index contributed by atoms with van der Waals surface area (Å²) in [5.41, 5.74) is 6.10. The molecular weight excluding hydrogens is 224 g/mol. The van der Waals surface area contributed by atoms with Gasteiger partial charge in [0.25, 0.3) is 0 Å². The van der Waals surface area contributed by atoms with E-state index in [1.165, 1.54) is 38.5 Å². The highest BCUT2D eigenvalue weighted by Crippen LogP contribution is 2.28. The second kappa shape index (κ2) is 6.55. The highest BCUT2D eigenvalue weighted by atomic mass is 16.1. The maximum Gasteiger partial charge on any atom is 0.220 e. The van der Waals surface area contributed by atoms with Gasteiger partial charge in [0.05, 0.1) is 0 Å². The summed E-state index contributed by atoms with van der Waals surface area (Å²) in [6.45, 7) is 2.16. The molecule has 3 heteroatoms. The van der Waals surface area contributed by atoms with Crippen molar-refractivity contribution >= 4 is 5.91 Å². The van der Waals surface area contributed by atoms with Gasteiger partial charge in [-0.3, -0.25) is 4.79 Å². The Morgan fingerprint density at radius 1 is 1.17 bits per heavy atom. The SMILES string of the molecule is CC(NC(=O)CC1CCCCC1N)C1CCCC1. The molecule has 104 valence electrons. The van der Waals surface area contributed by atoms with Gasteiger partial charge in [-0.15, -0.1) is 0 Å². The number of nitrogens with two attached hydrogens (primary N) is 1. The van der Waals surface area contributed by atoms with Crippen molar-refractivity contribution in [3.63, 3.8) is 0 Å². The van der Waals surface area contributed by atoms with Gasteiger partial charge in [0, 0.05) is 18.5 Å². The molecule has 18 heavy (non-hydrogen) atoms. The number of nitrogens with one attached hydrogen (secondary N) is 1. The van der Waals surface area contributed by atoms with E-state index in [1.54, 1.807) is 0 Å². The standard InChI is InChI=1S/C15H28N2O/c1-11(12-6-2-3-7-12)17-15(18)10-13-8-4-5-9-14(13)16/h11-14H,2-10,16H2,1H3,(H,17,18). The monoisotopic (exact) mass is 252 g/mol. The van der Waals surface area contributed by atoms with Crippen LogP contribution >= 0.6 is 0 Å². The van der Waals surface area contributed by atoms with Crippen LogP contribution in [0.4, 0.5) is 0 Å². The van der Waals surface area contributed by atoms with Crippen molar-refractivity contribution in [1.82, 2.24) is 5.32 Å². The number of carbonyl (C=O) groups is 1. The van der Waals surface area contributed by atoms with Gasteiger partial charge in [-0.25, -0.2) is 0 Å². The molecule has 0 aromatic rings. The van der Waals surface area contributed by atoms with Crippen LogP contribution in [0.5, 0.6) is 0 Å². The predicted octanol–water partition coefficient (Wildman–Crippen LogP) is 2.59. The van der Waals surface area contributed by atoms with Crippen LogP contribution in [0.1, 0.15) is 64.7 Å². The van der Waals surface area contributed by atoms with Crippen LogP contribution in [0.3, 0.4) is 0 Å². The highest BCUT2D eigenvalue weighted by Gasteiger charge is 2.26. The van der Waals surface area contributed by atoms with E-state index >= 15 is 0 Å². The Labute approximate surface area is 111 Å². The number of amides is 1. The lowest BCUT2D eigenvalue weighted by molar-refractivity contribution is -0.123. The summed E-state index contributed by atoms with van der Waals surface area (Å²) < 4.78 is 0. The molecule has 0 spiro atoms. The Morgan fingerprint density at radius 3 is 2.44 bits per heavy atom. The van der Waals surface area contributed by atoms with E-state index in [-0.39, 0.29) is 11.9 Å². The Hall–Kier alpha value is -0.570. The van der Waals surface area contributed by atoms with E-state index in [2.05, 4.69) is 12.2 Å². The van der Waals surface area contributed by atoms with Crippen LogP contribution in [0.2, 0.25) is 0 Å². The van der Waals surface area contributed by atoms with Crippen molar-refractivity contribution in [2.75, 3.05) is 0 Å². The molecule has 0 aromatic heterocycles. The minimum absolute atomic E-state index is 0.219. The first-order valence-corrected chi connectivity index (χ1v) is 7.71. The molecule has 0 bridgehead atoms. The summed E-state index contributed by atoms with van der Waals surface area (Å²) in [4.78, 5) is 12.1. The van der Waals surface area contributed by atoms with Gasteiger partial charge in [-0.2, -0.15) is 0 Å². The minimum Gasteiger partial charge on any atom is -0.353 e. The third-order valence-electron chi connectivity index (χ3n) is 4.91. The Bertz CT molecular complexity index is 274. The molecule has 2 rings (SSSR count). The molecule has 1 amide bonds. The van der Waals surface area contributed by atoms with E-state index in [0.717, 1.165) is 12.8 Å². The summed E-state index contributed by atoms with van der Waals surface area (Å²) in [7, 11) is 0. The Kier molecular flexibility index (Phi) is 5.04. The molecule has 3 atom stereocenters. The molecule has 2 aliphatic carbocycles. The van der Waals surface area contributed by atoms with Crippen LogP contribution in [0.15, 0.2) is 0 Å². The van der Waals surface area contributed by atoms with Gasteiger partial charge < -0.3 is 11.1 Å². The number of rotatable bonds is 4. The number of hydrogen-bond acceptors (Lipinski definition) is 2. The minimum atomic E-state index is 0.219. The second-order valence-electron chi connectivity index (χ2n) is 6.31. The lowest BCUT2D eigenvalue weighted by Gasteiger charge is -2.29. The van der Waals surface area contributed by atoms with E-state index in [1.807, 2.05) is 0 Å². The second-order valence-corrected chi connectivity index (χ2v) is 6.31. The van der Waals surface area contributed by atoms with E-state index in [0.29, 0.717) is 24.3 Å².